The van der Waals surface area contributed by atoms with E-state index in [-0.39, 0.29) is 0 Å². The van der Waals surface area contributed by atoms with Crippen LogP contribution in [0.25, 0.3) is 0 Å². The molecule has 1 rings (SSSR count). The first-order chi connectivity index (χ1) is 10.0. The van der Waals surface area contributed by atoms with Gasteiger partial charge in [0.15, 0.2) is 0 Å². The predicted octanol–water partition coefficient (Wildman–Crippen LogP) is 3.54. The molecule has 0 aromatic heterocycles. The highest BCUT2D eigenvalue weighted by Crippen LogP contribution is 2.17. The number of nitrogens with one attached hydrogen (secondary N) is 1. The van der Waals surface area contributed by atoms with Gasteiger partial charge in [-0.25, -0.2) is 0 Å². The van der Waals surface area contributed by atoms with Gasteiger partial charge in [0.25, 0.3) is 0 Å². The minimum atomic E-state index is 0.571. The smallest absolute Gasteiger partial charge is 0.123 e. The molecule has 21 heavy (non-hydrogen) atoms. The van der Waals surface area contributed by atoms with Crippen LogP contribution in [0.15, 0.2) is 24.3 Å². The minimum Gasteiger partial charge on any atom is -0.492 e. The molecular weight excluding hydrogens is 260 g/mol. The number of ether oxygens (including phenoxy) is 1. The monoisotopic (exact) mass is 292 g/mol. The predicted molar refractivity (Wildman–Crippen MR) is 90.9 cm³/mol. The maximum absolute atomic E-state index is 6.00. The molecule has 0 aliphatic carbocycles. The summed E-state index contributed by atoms with van der Waals surface area (Å²) in [5, 5.41) is 3.48. The normalized spacial score (nSPS) is 11.6. The van der Waals surface area contributed by atoms with E-state index in [1.54, 1.807) is 0 Å². The summed E-state index contributed by atoms with van der Waals surface area (Å²) in [6.45, 7) is 15.8. The van der Waals surface area contributed by atoms with Crippen LogP contribution in [0.5, 0.6) is 5.75 Å². The van der Waals surface area contributed by atoms with Crippen LogP contribution in [0.1, 0.15) is 40.2 Å². The van der Waals surface area contributed by atoms with E-state index in [4.69, 9.17) is 4.74 Å². The molecule has 0 saturated carbocycles. The van der Waals surface area contributed by atoms with Gasteiger partial charge in [-0.05, 0) is 38.9 Å². The second-order valence-corrected chi connectivity index (χ2v) is 6.20. The number of hydrogen-bond donors (Lipinski definition) is 1. The van der Waals surface area contributed by atoms with Crippen molar-refractivity contribution >= 4 is 0 Å². The lowest BCUT2D eigenvalue weighted by Gasteiger charge is -2.24. The molecule has 1 aromatic rings. The van der Waals surface area contributed by atoms with Gasteiger partial charge in [0.1, 0.15) is 12.4 Å². The van der Waals surface area contributed by atoms with Crippen molar-refractivity contribution in [1.82, 2.24) is 10.2 Å². The number of hydrogen-bond acceptors (Lipinski definition) is 3. The van der Waals surface area contributed by atoms with E-state index < -0.39 is 0 Å². The SMILES string of the molecule is CCN(CCOc1ccccc1CNCC(C)C)C(C)C. The summed E-state index contributed by atoms with van der Waals surface area (Å²) in [5.74, 6) is 1.68. The summed E-state index contributed by atoms with van der Waals surface area (Å²) < 4.78 is 6.00. The highest BCUT2D eigenvalue weighted by Gasteiger charge is 2.08. The summed E-state index contributed by atoms with van der Waals surface area (Å²) in [6, 6.07) is 8.90. The van der Waals surface area contributed by atoms with Gasteiger partial charge in [-0.1, -0.05) is 39.0 Å². The Morgan fingerprint density at radius 3 is 2.48 bits per heavy atom. The topological polar surface area (TPSA) is 24.5 Å². The summed E-state index contributed by atoms with van der Waals surface area (Å²) in [5.41, 5.74) is 1.24. The van der Waals surface area contributed by atoms with E-state index in [1.165, 1.54) is 5.56 Å². The van der Waals surface area contributed by atoms with Crippen LogP contribution < -0.4 is 10.1 Å². The molecule has 0 spiro atoms. The van der Waals surface area contributed by atoms with Gasteiger partial charge in [-0.15, -0.1) is 0 Å². The zero-order chi connectivity index (χ0) is 15.7. The number of nitrogens with zero attached hydrogens (tertiary/aromatic N) is 1. The Balaban J connectivity index is 2.47. The fraction of sp³-hybridized carbons (Fsp3) is 0.667. The van der Waals surface area contributed by atoms with Crippen LogP contribution in [0.4, 0.5) is 0 Å². The molecule has 3 nitrogen and oxygen atoms in total. The van der Waals surface area contributed by atoms with Crippen molar-refractivity contribution in [2.75, 3.05) is 26.2 Å². The molecule has 0 aliphatic rings. The first-order valence-corrected chi connectivity index (χ1v) is 8.20. The van der Waals surface area contributed by atoms with Crippen molar-refractivity contribution < 1.29 is 4.74 Å². The number of para-hydroxylation sites is 1. The lowest BCUT2D eigenvalue weighted by atomic mass is 10.2. The maximum atomic E-state index is 6.00. The van der Waals surface area contributed by atoms with Crippen molar-refractivity contribution in [1.29, 1.82) is 0 Å². The van der Waals surface area contributed by atoms with Gasteiger partial charge in [-0.3, -0.25) is 4.90 Å². The third-order valence-corrected chi connectivity index (χ3v) is 3.61. The van der Waals surface area contributed by atoms with Crippen molar-refractivity contribution in [3.63, 3.8) is 0 Å². The Hall–Kier alpha value is -1.06. The standard InChI is InChI=1S/C18H32N2O/c1-6-20(16(4)5)11-12-21-18-10-8-7-9-17(18)14-19-13-15(2)3/h7-10,15-16,19H,6,11-14H2,1-5H3. The van der Waals surface area contributed by atoms with Gasteiger partial charge in [0, 0.05) is 24.7 Å². The molecular formula is C18H32N2O. The molecule has 120 valence electrons. The highest BCUT2D eigenvalue weighted by atomic mass is 16.5. The van der Waals surface area contributed by atoms with Gasteiger partial charge >= 0.3 is 0 Å². The third kappa shape index (κ3) is 6.96. The van der Waals surface area contributed by atoms with Crippen LogP contribution in [-0.4, -0.2) is 37.2 Å². The number of benzene rings is 1. The largest absolute Gasteiger partial charge is 0.492 e. The summed E-state index contributed by atoms with van der Waals surface area (Å²) in [4.78, 5) is 2.42. The summed E-state index contributed by atoms with van der Waals surface area (Å²) in [7, 11) is 0. The molecule has 3 heteroatoms. The van der Waals surface area contributed by atoms with E-state index >= 15 is 0 Å². The zero-order valence-electron chi connectivity index (χ0n) is 14.4. The number of likely N-dealkylation sites (N-methyl/N-ethyl adjacent to an activating group) is 1. The number of rotatable bonds is 10. The van der Waals surface area contributed by atoms with Gasteiger partial charge < -0.3 is 10.1 Å². The molecule has 0 saturated heterocycles. The second-order valence-electron chi connectivity index (χ2n) is 6.20. The fourth-order valence-electron chi connectivity index (χ4n) is 2.34. The second kappa shape index (κ2) is 9.80. The quantitative estimate of drug-likeness (QED) is 0.714. The Labute approximate surface area is 130 Å². The van der Waals surface area contributed by atoms with E-state index in [2.05, 4.69) is 63.0 Å². The van der Waals surface area contributed by atoms with Gasteiger partial charge in [0.05, 0.1) is 0 Å². The van der Waals surface area contributed by atoms with Crippen molar-refractivity contribution in [2.45, 2.75) is 47.2 Å². The minimum absolute atomic E-state index is 0.571. The Bertz CT molecular complexity index is 391. The molecule has 1 aromatic carbocycles. The molecule has 0 bridgehead atoms. The van der Waals surface area contributed by atoms with Crippen molar-refractivity contribution in [3.05, 3.63) is 29.8 Å². The molecule has 0 radical (unpaired) electrons. The average molecular weight is 292 g/mol. The Kier molecular flexibility index (Phi) is 8.40. The van der Waals surface area contributed by atoms with Crippen LogP contribution in [0.2, 0.25) is 0 Å². The van der Waals surface area contributed by atoms with E-state index in [0.717, 1.165) is 38.5 Å². The Morgan fingerprint density at radius 2 is 1.86 bits per heavy atom. The average Bonchev–Trinajstić information content (AvgIpc) is 2.44. The van der Waals surface area contributed by atoms with Crippen molar-refractivity contribution in [2.24, 2.45) is 5.92 Å². The highest BCUT2D eigenvalue weighted by molar-refractivity contribution is 5.33. The molecule has 0 heterocycles. The van der Waals surface area contributed by atoms with Crippen LogP contribution in [0, 0.1) is 5.92 Å². The molecule has 0 aliphatic heterocycles. The first-order valence-electron chi connectivity index (χ1n) is 8.20. The molecule has 0 fully saturated rings. The lowest BCUT2D eigenvalue weighted by Crippen LogP contribution is -2.34. The lowest BCUT2D eigenvalue weighted by molar-refractivity contribution is 0.182. The first kappa shape index (κ1) is 18.0. The fourth-order valence-corrected chi connectivity index (χ4v) is 2.34. The van der Waals surface area contributed by atoms with Crippen molar-refractivity contribution in [3.8, 4) is 5.75 Å². The van der Waals surface area contributed by atoms with E-state index in [0.29, 0.717) is 12.0 Å². The Morgan fingerprint density at radius 1 is 1.14 bits per heavy atom. The summed E-state index contributed by atoms with van der Waals surface area (Å²) in [6.07, 6.45) is 0. The van der Waals surface area contributed by atoms with Gasteiger partial charge in [0.2, 0.25) is 0 Å². The molecule has 1 N–H and O–H groups in total. The van der Waals surface area contributed by atoms with Crippen LogP contribution in [0.3, 0.4) is 0 Å². The summed E-state index contributed by atoms with van der Waals surface area (Å²) >= 11 is 0. The molecule has 0 atom stereocenters. The zero-order valence-corrected chi connectivity index (χ0v) is 14.4. The van der Waals surface area contributed by atoms with Crippen LogP contribution in [-0.2, 0) is 6.54 Å². The van der Waals surface area contributed by atoms with Crippen LogP contribution >= 0.6 is 0 Å². The van der Waals surface area contributed by atoms with E-state index in [9.17, 15) is 0 Å². The molecule has 0 unspecified atom stereocenters. The van der Waals surface area contributed by atoms with E-state index in [1.807, 2.05) is 6.07 Å². The molecule has 0 amide bonds. The third-order valence-electron chi connectivity index (χ3n) is 3.61. The van der Waals surface area contributed by atoms with Gasteiger partial charge in [-0.2, -0.15) is 0 Å². The maximum Gasteiger partial charge on any atom is 0.123 e.